The van der Waals surface area contributed by atoms with E-state index in [9.17, 15) is 10.1 Å². The number of nitrogens with zero attached hydrogens (tertiary/aromatic N) is 1. The molecule has 0 heterocycles. The number of anilines is 1. The third kappa shape index (κ3) is 5.90. The molecule has 0 amide bonds. The summed E-state index contributed by atoms with van der Waals surface area (Å²) in [6, 6.07) is 13.7. The maximum Gasteiger partial charge on any atom is 0.270 e. The van der Waals surface area contributed by atoms with Crippen LogP contribution in [-0.2, 0) is 0 Å². The van der Waals surface area contributed by atoms with Gasteiger partial charge in [-0.05, 0) is 47.8 Å². The highest BCUT2D eigenvalue weighted by Gasteiger charge is 2.16. The minimum absolute atomic E-state index is 0.0110. The molecule has 9 nitrogen and oxygen atoms in total. The molecule has 0 aliphatic heterocycles. The molecule has 1 N–H and O–H groups in total. The highest BCUT2D eigenvalue weighted by molar-refractivity contribution is 8.00. The van der Waals surface area contributed by atoms with E-state index in [-0.39, 0.29) is 5.69 Å². The fourth-order valence-corrected chi connectivity index (χ4v) is 4.10. The Kier molecular flexibility index (Phi) is 8.69. The molecule has 0 bridgehead atoms. The molecule has 0 aliphatic carbocycles. The Balaban J connectivity index is 1.99. The van der Waals surface area contributed by atoms with E-state index in [4.69, 9.17) is 23.7 Å². The zero-order valence-corrected chi connectivity index (χ0v) is 20.8. The van der Waals surface area contributed by atoms with E-state index >= 15 is 0 Å². The van der Waals surface area contributed by atoms with Crippen LogP contribution < -0.4 is 28.4 Å². The topological polar surface area (TPSA) is 101 Å². The second-order valence-corrected chi connectivity index (χ2v) is 7.90. The van der Waals surface area contributed by atoms with Gasteiger partial charge in [0, 0.05) is 22.6 Å². The van der Waals surface area contributed by atoms with Crippen molar-refractivity contribution in [1.29, 1.82) is 0 Å². The van der Waals surface area contributed by atoms with Crippen LogP contribution >= 0.6 is 11.9 Å². The summed E-state index contributed by atoms with van der Waals surface area (Å²) in [6.07, 6.45) is 3.80. The molecule has 35 heavy (non-hydrogen) atoms. The molecule has 3 aromatic carbocycles. The Morgan fingerprint density at radius 1 is 0.800 bits per heavy atom. The highest BCUT2D eigenvalue weighted by Crippen LogP contribution is 2.42. The van der Waals surface area contributed by atoms with Crippen LogP contribution in [0.3, 0.4) is 0 Å². The van der Waals surface area contributed by atoms with Crippen LogP contribution in [0.5, 0.6) is 28.7 Å². The average Bonchev–Trinajstić information content (AvgIpc) is 2.89. The minimum atomic E-state index is -0.429. The number of methoxy groups -OCH3 is 5. The molecule has 10 heteroatoms. The van der Waals surface area contributed by atoms with Crippen molar-refractivity contribution in [2.45, 2.75) is 4.90 Å². The van der Waals surface area contributed by atoms with Crippen molar-refractivity contribution >= 4 is 35.5 Å². The molecule has 0 saturated carbocycles. The monoisotopic (exact) mass is 498 g/mol. The van der Waals surface area contributed by atoms with Crippen LogP contribution in [0.25, 0.3) is 12.2 Å². The predicted molar refractivity (Wildman–Crippen MR) is 137 cm³/mol. The van der Waals surface area contributed by atoms with Crippen molar-refractivity contribution in [1.82, 2.24) is 0 Å². The number of nitro benzene ring substituents is 1. The fourth-order valence-electron chi connectivity index (χ4n) is 3.34. The molecule has 0 aromatic heterocycles. The summed E-state index contributed by atoms with van der Waals surface area (Å²) in [6.45, 7) is 0. The Labute approximate surface area is 207 Å². The van der Waals surface area contributed by atoms with Gasteiger partial charge in [0.2, 0.25) is 5.75 Å². The molecule has 0 aliphatic rings. The van der Waals surface area contributed by atoms with Gasteiger partial charge in [0.15, 0.2) is 23.0 Å². The number of non-ortho nitro benzene ring substituents is 1. The lowest BCUT2D eigenvalue weighted by Crippen LogP contribution is -1.98. The van der Waals surface area contributed by atoms with Crippen LogP contribution in [0.2, 0.25) is 0 Å². The van der Waals surface area contributed by atoms with E-state index in [0.29, 0.717) is 39.3 Å². The number of nitrogens with one attached hydrogen (secondary N) is 1. The van der Waals surface area contributed by atoms with Crippen molar-refractivity contribution in [3.63, 3.8) is 0 Å². The first-order valence-corrected chi connectivity index (χ1v) is 11.2. The van der Waals surface area contributed by atoms with Crippen LogP contribution in [0.15, 0.2) is 53.4 Å². The quantitative estimate of drug-likeness (QED) is 0.149. The molecule has 3 aromatic rings. The maximum atomic E-state index is 11.1. The van der Waals surface area contributed by atoms with Crippen molar-refractivity contribution in [2.24, 2.45) is 0 Å². The fraction of sp³-hybridized carbons (Fsp3) is 0.200. The van der Waals surface area contributed by atoms with Gasteiger partial charge in [-0.2, -0.15) is 0 Å². The largest absolute Gasteiger partial charge is 0.493 e. The summed E-state index contributed by atoms with van der Waals surface area (Å²) in [5.41, 5.74) is 2.28. The number of hydrogen-bond donors (Lipinski definition) is 1. The smallest absolute Gasteiger partial charge is 0.270 e. The Hall–Kier alpha value is -4.05. The van der Waals surface area contributed by atoms with Crippen LogP contribution in [0.4, 0.5) is 11.4 Å². The molecular weight excluding hydrogens is 472 g/mol. The lowest BCUT2D eigenvalue weighted by Gasteiger charge is -2.16. The van der Waals surface area contributed by atoms with Gasteiger partial charge in [-0.25, -0.2) is 0 Å². The zero-order valence-electron chi connectivity index (χ0n) is 20.0. The lowest BCUT2D eigenvalue weighted by atomic mass is 10.1. The molecule has 0 spiro atoms. The second-order valence-electron chi connectivity index (χ2n) is 7.02. The minimum Gasteiger partial charge on any atom is -0.493 e. The summed E-state index contributed by atoms with van der Waals surface area (Å²) in [5.74, 6) is 2.63. The van der Waals surface area contributed by atoms with Gasteiger partial charge in [0.05, 0.1) is 46.2 Å². The summed E-state index contributed by atoms with van der Waals surface area (Å²) in [7, 11) is 7.78. The maximum absolute atomic E-state index is 11.1. The molecule has 3 rings (SSSR count). The van der Waals surface area contributed by atoms with E-state index in [0.717, 1.165) is 11.1 Å². The first-order chi connectivity index (χ1) is 16.9. The molecule has 0 radical (unpaired) electrons. The Morgan fingerprint density at radius 2 is 1.46 bits per heavy atom. The third-order valence-corrected chi connectivity index (χ3v) is 5.82. The van der Waals surface area contributed by atoms with Gasteiger partial charge in [-0.15, -0.1) is 0 Å². The zero-order chi connectivity index (χ0) is 25.4. The average molecular weight is 499 g/mol. The van der Waals surface area contributed by atoms with Gasteiger partial charge in [0.25, 0.3) is 5.69 Å². The van der Waals surface area contributed by atoms with Crippen LogP contribution in [0, 0.1) is 10.1 Å². The van der Waals surface area contributed by atoms with Gasteiger partial charge >= 0.3 is 0 Å². The summed E-state index contributed by atoms with van der Waals surface area (Å²) in [4.78, 5) is 11.4. The van der Waals surface area contributed by atoms with E-state index in [1.54, 1.807) is 53.7 Å². The predicted octanol–water partition coefficient (Wildman–Crippen LogP) is 5.93. The van der Waals surface area contributed by atoms with Gasteiger partial charge in [0.1, 0.15) is 0 Å². The number of rotatable bonds is 11. The summed E-state index contributed by atoms with van der Waals surface area (Å²) in [5, 5.41) is 11.1. The number of hydrogen-bond acceptors (Lipinski definition) is 9. The van der Waals surface area contributed by atoms with Gasteiger partial charge in [-0.1, -0.05) is 18.2 Å². The lowest BCUT2D eigenvalue weighted by molar-refractivity contribution is -0.385. The standard InChI is InChI=1S/C25H26N2O7S/c1-30-20-12-11-17(10-9-16-13-21(31-2)24(33-4)22(14-16)32-3)23(25(20)34-5)26-35-19-8-6-7-18(15-19)27(28)29/h6-15,26H,1-5H3/b10-9-. The van der Waals surface area contributed by atoms with Crippen LogP contribution in [0.1, 0.15) is 11.1 Å². The first kappa shape index (κ1) is 25.6. The van der Waals surface area contributed by atoms with E-state index in [1.807, 2.05) is 30.4 Å². The highest BCUT2D eigenvalue weighted by atomic mass is 32.2. The summed E-state index contributed by atoms with van der Waals surface area (Å²) >= 11 is 1.23. The number of benzene rings is 3. The first-order valence-electron chi connectivity index (χ1n) is 10.4. The molecule has 0 atom stereocenters. The molecule has 0 unspecified atom stereocenters. The molecule has 184 valence electrons. The SMILES string of the molecule is COc1cc(/C=C\c2ccc(OC)c(OC)c2NSc2cccc([N+](=O)[O-])c2)cc(OC)c1OC. The Bertz CT molecular complexity index is 1210. The number of ether oxygens (including phenoxy) is 5. The molecule has 0 saturated heterocycles. The van der Waals surface area contributed by atoms with E-state index in [1.165, 1.54) is 24.1 Å². The normalized spacial score (nSPS) is 10.7. The molecular formula is C25H26N2O7S. The van der Waals surface area contributed by atoms with Crippen molar-refractivity contribution in [2.75, 3.05) is 40.3 Å². The molecule has 0 fully saturated rings. The van der Waals surface area contributed by atoms with E-state index in [2.05, 4.69) is 4.72 Å². The van der Waals surface area contributed by atoms with Crippen LogP contribution in [-0.4, -0.2) is 40.5 Å². The van der Waals surface area contributed by atoms with Gasteiger partial charge < -0.3 is 28.4 Å². The second kappa shape index (κ2) is 11.9. The summed E-state index contributed by atoms with van der Waals surface area (Å²) < 4.78 is 30.6. The van der Waals surface area contributed by atoms with E-state index < -0.39 is 4.92 Å². The van der Waals surface area contributed by atoms with Crippen molar-refractivity contribution < 1.29 is 28.6 Å². The van der Waals surface area contributed by atoms with Crippen molar-refractivity contribution in [3.05, 3.63) is 69.8 Å². The Morgan fingerprint density at radius 3 is 2.03 bits per heavy atom. The van der Waals surface area contributed by atoms with Gasteiger partial charge in [-0.3, -0.25) is 10.1 Å². The number of nitro groups is 1. The van der Waals surface area contributed by atoms with Crippen molar-refractivity contribution in [3.8, 4) is 28.7 Å². The third-order valence-electron chi connectivity index (χ3n) is 5.02.